The van der Waals surface area contributed by atoms with Crippen molar-refractivity contribution < 1.29 is 27.6 Å². The van der Waals surface area contributed by atoms with Crippen molar-refractivity contribution in [3.63, 3.8) is 0 Å². The first-order valence-electron chi connectivity index (χ1n) is 10.4. The Morgan fingerprint density at radius 2 is 1.19 bits per heavy atom. The molecule has 1 saturated heterocycles. The Hall–Kier alpha value is -3.36. The van der Waals surface area contributed by atoms with E-state index in [0.717, 1.165) is 25.0 Å². The van der Waals surface area contributed by atoms with Crippen LogP contribution >= 0.6 is 0 Å². The van der Waals surface area contributed by atoms with Crippen molar-refractivity contribution in [3.05, 3.63) is 65.2 Å². The van der Waals surface area contributed by atoms with Gasteiger partial charge in [-0.3, -0.25) is 14.4 Å². The van der Waals surface area contributed by atoms with Crippen molar-refractivity contribution in [1.82, 2.24) is 9.80 Å². The molecule has 4 rings (SSSR count). The third-order valence-electron chi connectivity index (χ3n) is 5.66. The third kappa shape index (κ3) is 4.92. The zero-order valence-electron chi connectivity index (χ0n) is 17.2. The Labute approximate surface area is 183 Å². The summed E-state index contributed by atoms with van der Waals surface area (Å²) in [6, 6.07) is 10.8. The first-order valence-corrected chi connectivity index (χ1v) is 10.4. The molecule has 2 aromatic rings. The van der Waals surface area contributed by atoms with Gasteiger partial charge in [-0.1, -0.05) is 0 Å². The van der Waals surface area contributed by atoms with Crippen molar-refractivity contribution in [1.29, 1.82) is 0 Å². The molecule has 2 fully saturated rings. The fourth-order valence-corrected chi connectivity index (χ4v) is 3.57. The van der Waals surface area contributed by atoms with E-state index in [1.54, 1.807) is 29.2 Å². The van der Waals surface area contributed by atoms with E-state index >= 15 is 0 Å². The van der Waals surface area contributed by atoms with Crippen molar-refractivity contribution in [3.8, 4) is 0 Å². The van der Waals surface area contributed by atoms with E-state index in [1.165, 1.54) is 17.0 Å². The highest BCUT2D eigenvalue weighted by Crippen LogP contribution is 2.30. The summed E-state index contributed by atoms with van der Waals surface area (Å²) in [4.78, 5) is 40.3. The van der Waals surface area contributed by atoms with Crippen LogP contribution in [0.4, 0.5) is 18.9 Å². The van der Waals surface area contributed by atoms with Crippen LogP contribution in [-0.2, 0) is 11.0 Å². The standard InChI is InChI=1S/C23H22F3N3O3/c24-23(25,26)18-7-3-16(4-8-18)21(31)28-11-13-29(14-12-28)22(32)17-5-9-19(10-6-17)27-20(30)15-1-2-15/h3-10,15H,1-2,11-14H2,(H,27,30). The van der Waals surface area contributed by atoms with E-state index in [-0.39, 0.29) is 29.2 Å². The molecule has 1 aliphatic heterocycles. The summed E-state index contributed by atoms with van der Waals surface area (Å²) < 4.78 is 38.1. The quantitative estimate of drug-likeness (QED) is 0.781. The van der Waals surface area contributed by atoms with Gasteiger partial charge in [0.05, 0.1) is 5.56 Å². The van der Waals surface area contributed by atoms with Gasteiger partial charge in [-0.25, -0.2) is 0 Å². The van der Waals surface area contributed by atoms with Gasteiger partial charge in [-0.05, 0) is 61.4 Å². The van der Waals surface area contributed by atoms with Crippen LogP contribution in [0.2, 0.25) is 0 Å². The van der Waals surface area contributed by atoms with Gasteiger partial charge in [0.15, 0.2) is 0 Å². The summed E-state index contributed by atoms with van der Waals surface area (Å²) in [5.41, 5.74) is 0.506. The fourth-order valence-electron chi connectivity index (χ4n) is 3.57. The Bertz CT molecular complexity index is 1010. The Morgan fingerprint density at radius 3 is 1.59 bits per heavy atom. The number of piperazine rings is 1. The largest absolute Gasteiger partial charge is 0.416 e. The number of rotatable bonds is 4. The van der Waals surface area contributed by atoms with Crippen LogP contribution in [0.25, 0.3) is 0 Å². The minimum absolute atomic E-state index is 0.00193. The maximum atomic E-state index is 12.8. The number of alkyl halides is 3. The van der Waals surface area contributed by atoms with E-state index < -0.39 is 11.7 Å². The molecule has 0 unspecified atom stereocenters. The number of benzene rings is 2. The lowest BCUT2D eigenvalue weighted by atomic mass is 10.1. The summed E-state index contributed by atoms with van der Waals surface area (Å²) in [5, 5.41) is 2.82. The smallest absolute Gasteiger partial charge is 0.335 e. The summed E-state index contributed by atoms with van der Waals surface area (Å²) in [7, 11) is 0. The second-order valence-electron chi connectivity index (χ2n) is 8.00. The van der Waals surface area contributed by atoms with Gasteiger partial charge < -0.3 is 15.1 Å². The zero-order valence-corrected chi connectivity index (χ0v) is 17.2. The monoisotopic (exact) mass is 445 g/mol. The third-order valence-corrected chi connectivity index (χ3v) is 5.66. The minimum atomic E-state index is -4.45. The van der Waals surface area contributed by atoms with Crippen molar-refractivity contribution in [2.45, 2.75) is 19.0 Å². The van der Waals surface area contributed by atoms with Crippen molar-refractivity contribution >= 4 is 23.4 Å². The van der Waals surface area contributed by atoms with Crippen LogP contribution < -0.4 is 5.32 Å². The molecule has 0 bridgehead atoms. The lowest BCUT2D eigenvalue weighted by Crippen LogP contribution is -2.50. The number of anilines is 1. The van der Waals surface area contributed by atoms with Gasteiger partial charge >= 0.3 is 6.18 Å². The first kappa shape index (κ1) is 21.9. The average molecular weight is 445 g/mol. The van der Waals surface area contributed by atoms with Crippen LogP contribution in [0, 0.1) is 5.92 Å². The highest BCUT2D eigenvalue weighted by molar-refractivity contribution is 5.97. The normalized spacial score (nSPS) is 16.6. The number of hydrogen-bond donors (Lipinski definition) is 1. The van der Waals surface area contributed by atoms with Crippen molar-refractivity contribution in [2.24, 2.45) is 5.92 Å². The van der Waals surface area contributed by atoms with Gasteiger partial charge in [-0.2, -0.15) is 13.2 Å². The maximum Gasteiger partial charge on any atom is 0.416 e. The molecule has 0 atom stereocenters. The Kier molecular flexibility index (Phi) is 5.90. The average Bonchev–Trinajstić information content (AvgIpc) is 3.64. The lowest BCUT2D eigenvalue weighted by Gasteiger charge is -2.35. The topological polar surface area (TPSA) is 69.7 Å². The summed E-state index contributed by atoms with van der Waals surface area (Å²) in [6.45, 7) is 1.24. The number of nitrogens with zero attached hydrogens (tertiary/aromatic N) is 2. The van der Waals surface area contributed by atoms with E-state index in [4.69, 9.17) is 0 Å². The number of hydrogen-bond acceptors (Lipinski definition) is 3. The predicted molar refractivity (Wildman–Crippen MR) is 111 cm³/mol. The molecular formula is C23H22F3N3O3. The van der Waals surface area contributed by atoms with Crippen LogP contribution in [-0.4, -0.2) is 53.7 Å². The summed E-state index contributed by atoms with van der Waals surface area (Å²) in [5.74, 6) is -0.441. The lowest BCUT2D eigenvalue weighted by molar-refractivity contribution is -0.137. The van der Waals surface area contributed by atoms with E-state index in [0.29, 0.717) is 37.4 Å². The molecule has 1 saturated carbocycles. The highest BCUT2D eigenvalue weighted by atomic mass is 19.4. The molecular weight excluding hydrogens is 423 g/mol. The minimum Gasteiger partial charge on any atom is -0.335 e. The number of halogens is 3. The summed E-state index contributed by atoms with van der Waals surface area (Å²) >= 11 is 0. The van der Waals surface area contributed by atoms with Crippen LogP contribution in [0.1, 0.15) is 39.1 Å². The van der Waals surface area contributed by atoms with E-state index in [2.05, 4.69) is 5.32 Å². The second kappa shape index (κ2) is 8.64. The van der Waals surface area contributed by atoms with Gasteiger partial charge in [-0.15, -0.1) is 0 Å². The van der Waals surface area contributed by atoms with Crippen LogP contribution in [0.3, 0.4) is 0 Å². The number of nitrogens with one attached hydrogen (secondary N) is 1. The molecule has 0 radical (unpaired) electrons. The molecule has 0 aromatic heterocycles. The molecule has 1 aliphatic carbocycles. The molecule has 1 heterocycles. The predicted octanol–water partition coefficient (Wildman–Crippen LogP) is 3.65. The van der Waals surface area contributed by atoms with Crippen LogP contribution in [0.15, 0.2) is 48.5 Å². The SMILES string of the molecule is O=C(Nc1ccc(C(=O)N2CCN(C(=O)c3ccc(C(F)(F)F)cc3)CC2)cc1)C1CC1. The molecule has 3 amide bonds. The molecule has 9 heteroatoms. The van der Waals surface area contributed by atoms with Crippen molar-refractivity contribution in [2.75, 3.05) is 31.5 Å². The molecule has 168 valence electrons. The Morgan fingerprint density at radius 1 is 0.750 bits per heavy atom. The number of amides is 3. The Balaban J connectivity index is 1.31. The van der Waals surface area contributed by atoms with Gasteiger partial charge in [0.1, 0.15) is 0 Å². The second-order valence-corrected chi connectivity index (χ2v) is 8.00. The molecule has 0 spiro atoms. The number of carbonyl (C=O) groups is 3. The molecule has 6 nitrogen and oxygen atoms in total. The van der Waals surface area contributed by atoms with Crippen LogP contribution in [0.5, 0.6) is 0 Å². The summed E-state index contributed by atoms with van der Waals surface area (Å²) in [6.07, 6.45) is -2.62. The van der Waals surface area contributed by atoms with Gasteiger partial charge in [0, 0.05) is 48.9 Å². The zero-order chi connectivity index (χ0) is 22.9. The molecule has 32 heavy (non-hydrogen) atoms. The van der Waals surface area contributed by atoms with Gasteiger partial charge in [0.25, 0.3) is 11.8 Å². The number of carbonyl (C=O) groups excluding carboxylic acids is 3. The van der Waals surface area contributed by atoms with Gasteiger partial charge in [0.2, 0.25) is 5.91 Å². The fraction of sp³-hybridized carbons (Fsp3) is 0.348. The highest BCUT2D eigenvalue weighted by Gasteiger charge is 2.31. The molecule has 2 aliphatic rings. The van der Waals surface area contributed by atoms with E-state index in [9.17, 15) is 27.6 Å². The van der Waals surface area contributed by atoms with E-state index in [1.807, 2.05) is 0 Å². The maximum absolute atomic E-state index is 12.8. The molecule has 2 aromatic carbocycles. The molecule has 1 N–H and O–H groups in total. The first-order chi connectivity index (χ1) is 15.2.